The van der Waals surface area contributed by atoms with Crippen molar-refractivity contribution in [3.8, 4) is 5.69 Å². The van der Waals surface area contributed by atoms with Gasteiger partial charge in [0.2, 0.25) is 0 Å². The van der Waals surface area contributed by atoms with Crippen LogP contribution in [0.2, 0.25) is 5.02 Å². The molecule has 0 saturated carbocycles. The number of pyridine rings is 1. The van der Waals surface area contributed by atoms with E-state index in [2.05, 4.69) is 20.5 Å². The van der Waals surface area contributed by atoms with Gasteiger partial charge in [-0.3, -0.25) is 14.5 Å². The molecule has 0 atom stereocenters. The maximum Gasteiger partial charge on any atom is 0.277 e. The van der Waals surface area contributed by atoms with Gasteiger partial charge < -0.3 is 5.32 Å². The second-order valence-electron chi connectivity index (χ2n) is 6.15. The fraction of sp³-hybridized carbons (Fsp3) is 0.100. The Morgan fingerprint density at radius 2 is 1.89 bits per heavy atom. The molecule has 1 aromatic carbocycles. The smallest absolute Gasteiger partial charge is 0.277 e. The third-order valence-corrected chi connectivity index (χ3v) is 4.39. The molecule has 1 amide bonds. The summed E-state index contributed by atoms with van der Waals surface area (Å²) in [6.45, 7) is 0.712. The van der Waals surface area contributed by atoms with Crippen LogP contribution in [-0.2, 0) is 13.0 Å². The highest BCUT2D eigenvalue weighted by Crippen LogP contribution is 2.15. The Bertz CT molecular complexity index is 1090. The van der Waals surface area contributed by atoms with E-state index in [1.54, 1.807) is 52.2 Å². The van der Waals surface area contributed by atoms with Gasteiger partial charge in [-0.1, -0.05) is 17.7 Å². The summed E-state index contributed by atoms with van der Waals surface area (Å²) >= 11 is 6.00. The van der Waals surface area contributed by atoms with Gasteiger partial charge in [0.15, 0.2) is 11.5 Å². The number of hydrogen-bond donors (Lipinski definition) is 1. The molecule has 4 aromatic rings. The predicted molar refractivity (Wildman–Crippen MR) is 107 cm³/mol. The summed E-state index contributed by atoms with van der Waals surface area (Å²) < 4.78 is 3.40. The Kier molecular flexibility index (Phi) is 5.16. The fourth-order valence-electron chi connectivity index (χ4n) is 2.73. The summed E-state index contributed by atoms with van der Waals surface area (Å²) in [7, 11) is 0. The van der Waals surface area contributed by atoms with Crippen LogP contribution in [0.5, 0.6) is 0 Å². The minimum Gasteiger partial charge on any atom is -0.304 e. The Morgan fingerprint density at radius 1 is 1.04 bits per heavy atom. The van der Waals surface area contributed by atoms with Gasteiger partial charge in [0.1, 0.15) is 0 Å². The molecule has 3 heterocycles. The SMILES string of the molecule is O=C(Nc1ccn(CCc2ccncc2)n1)c1ccn(-c2cccc(Cl)c2)n1. The maximum atomic E-state index is 12.4. The summed E-state index contributed by atoms with van der Waals surface area (Å²) in [5.74, 6) is 0.164. The van der Waals surface area contributed by atoms with Gasteiger partial charge in [0.05, 0.1) is 5.69 Å². The maximum absolute atomic E-state index is 12.4. The molecular weight excluding hydrogens is 376 g/mol. The average molecular weight is 393 g/mol. The van der Waals surface area contributed by atoms with E-state index in [0.29, 0.717) is 23.1 Å². The topological polar surface area (TPSA) is 77.6 Å². The second kappa shape index (κ2) is 8.06. The number of anilines is 1. The molecule has 0 aliphatic heterocycles. The highest BCUT2D eigenvalue weighted by molar-refractivity contribution is 6.30. The summed E-state index contributed by atoms with van der Waals surface area (Å²) in [5.41, 5.74) is 2.26. The summed E-state index contributed by atoms with van der Waals surface area (Å²) in [5, 5.41) is 12.1. The van der Waals surface area contributed by atoms with E-state index in [-0.39, 0.29) is 5.91 Å². The van der Waals surface area contributed by atoms with Crippen molar-refractivity contribution < 1.29 is 4.79 Å². The average Bonchev–Trinajstić information content (AvgIpc) is 3.37. The minimum absolute atomic E-state index is 0.298. The standard InChI is InChI=1S/C20H17ClN6O/c21-16-2-1-3-17(14-16)27-13-7-18(24-27)20(28)23-19-8-12-26(25-19)11-6-15-4-9-22-10-5-15/h1-5,7-10,12-14H,6,11H2,(H,23,25,28). The number of hydrogen-bond acceptors (Lipinski definition) is 4. The normalized spacial score (nSPS) is 10.8. The minimum atomic E-state index is -0.319. The molecule has 0 saturated heterocycles. The third-order valence-electron chi connectivity index (χ3n) is 4.16. The number of carbonyl (C=O) groups excluding carboxylic acids is 1. The van der Waals surface area contributed by atoms with E-state index in [1.165, 1.54) is 5.56 Å². The number of nitrogens with zero attached hydrogens (tertiary/aromatic N) is 5. The number of nitrogens with one attached hydrogen (secondary N) is 1. The van der Waals surface area contributed by atoms with E-state index in [1.807, 2.05) is 30.5 Å². The van der Waals surface area contributed by atoms with Crippen molar-refractivity contribution >= 4 is 23.3 Å². The molecule has 0 fully saturated rings. The van der Waals surface area contributed by atoms with Crippen LogP contribution >= 0.6 is 11.6 Å². The molecule has 0 radical (unpaired) electrons. The zero-order valence-corrected chi connectivity index (χ0v) is 15.6. The van der Waals surface area contributed by atoms with Crippen molar-refractivity contribution in [2.75, 3.05) is 5.32 Å². The Balaban J connectivity index is 1.38. The Hall–Kier alpha value is -3.45. The van der Waals surface area contributed by atoms with Crippen LogP contribution < -0.4 is 5.32 Å². The van der Waals surface area contributed by atoms with Crippen molar-refractivity contribution in [1.82, 2.24) is 24.5 Å². The molecule has 140 valence electrons. The summed E-state index contributed by atoms with van der Waals surface area (Å²) in [6.07, 6.45) is 7.93. The fourth-order valence-corrected chi connectivity index (χ4v) is 2.92. The Morgan fingerprint density at radius 3 is 2.71 bits per heavy atom. The number of rotatable bonds is 6. The third kappa shape index (κ3) is 4.27. The molecular formula is C20H17ClN6O. The lowest BCUT2D eigenvalue weighted by Crippen LogP contribution is -2.14. The van der Waals surface area contributed by atoms with Gasteiger partial charge in [0.25, 0.3) is 5.91 Å². The van der Waals surface area contributed by atoms with Gasteiger partial charge in [-0.05, 0) is 48.4 Å². The van der Waals surface area contributed by atoms with Crippen LogP contribution in [0, 0.1) is 0 Å². The van der Waals surface area contributed by atoms with E-state index in [0.717, 1.165) is 12.1 Å². The van der Waals surface area contributed by atoms with Gasteiger partial charge in [-0.15, -0.1) is 0 Å². The van der Waals surface area contributed by atoms with Crippen LogP contribution in [0.4, 0.5) is 5.82 Å². The zero-order valence-electron chi connectivity index (χ0n) is 14.9. The van der Waals surface area contributed by atoms with Crippen molar-refractivity contribution in [2.45, 2.75) is 13.0 Å². The lowest BCUT2D eigenvalue weighted by molar-refractivity contribution is 0.102. The summed E-state index contributed by atoms with van der Waals surface area (Å²) in [4.78, 5) is 16.5. The number of halogens is 1. The second-order valence-corrected chi connectivity index (χ2v) is 6.59. The molecule has 0 spiro atoms. The molecule has 0 aliphatic carbocycles. The number of carbonyl (C=O) groups is 1. The van der Waals surface area contributed by atoms with Crippen molar-refractivity contribution in [2.24, 2.45) is 0 Å². The van der Waals surface area contributed by atoms with Gasteiger partial charge in [-0.2, -0.15) is 10.2 Å². The van der Waals surface area contributed by atoms with Crippen LogP contribution in [0.1, 0.15) is 16.1 Å². The van der Waals surface area contributed by atoms with Crippen LogP contribution in [0.25, 0.3) is 5.69 Å². The molecule has 1 N–H and O–H groups in total. The van der Waals surface area contributed by atoms with Crippen LogP contribution in [0.3, 0.4) is 0 Å². The zero-order chi connectivity index (χ0) is 19.3. The molecule has 28 heavy (non-hydrogen) atoms. The van der Waals surface area contributed by atoms with E-state index in [4.69, 9.17) is 11.6 Å². The molecule has 0 unspecified atom stereocenters. The predicted octanol–water partition coefficient (Wildman–Crippen LogP) is 3.61. The first-order valence-corrected chi connectivity index (χ1v) is 9.10. The monoisotopic (exact) mass is 392 g/mol. The van der Waals surface area contributed by atoms with Crippen molar-refractivity contribution in [3.63, 3.8) is 0 Å². The highest BCUT2D eigenvalue weighted by Gasteiger charge is 2.12. The molecule has 7 nitrogen and oxygen atoms in total. The Labute approximate surface area is 166 Å². The molecule has 0 bridgehead atoms. The van der Waals surface area contributed by atoms with E-state index in [9.17, 15) is 4.79 Å². The molecule has 0 aliphatic rings. The summed E-state index contributed by atoms with van der Waals surface area (Å²) in [6, 6.07) is 14.6. The van der Waals surface area contributed by atoms with E-state index >= 15 is 0 Å². The largest absolute Gasteiger partial charge is 0.304 e. The number of aryl methyl sites for hydroxylation is 2. The lowest BCUT2D eigenvalue weighted by atomic mass is 10.2. The first-order valence-electron chi connectivity index (χ1n) is 8.73. The van der Waals surface area contributed by atoms with Crippen molar-refractivity contribution in [3.05, 3.63) is 89.6 Å². The van der Waals surface area contributed by atoms with Crippen LogP contribution in [-0.4, -0.2) is 30.5 Å². The molecule has 3 aromatic heterocycles. The van der Waals surface area contributed by atoms with E-state index < -0.39 is 0 Å². The number of benzene rings is 1. The molecule has 4 rings (SSSR count). The van der Waals surface area contributed by atoms with Gasteiger partial charge >= 0.3 is 0 Å². The number of amides is 1. The lowest BCUT2D eigenvalue weighted by Gasteiger charge is -2.03. The van der Waals surface area contributed by atoms with Crippen LogP contribution in [0.15, 0.2) is 73.3 Å². The molecule has 8 heteroatoms. The van der Waals surface area contributed by atoms with Crippen molar-refractivity contribution in [1.29, 1.82) is 0 Å². The van der Waals surface area contributed by atoms with Gasteiger partial charge in [0, 0.05) is 42.4 Å². The number of aromatic nitrogens is 5. The first kappa shape index (κ1) is 17.9. The first-order chi connectivity index (χ1) is 13.7. The van der Waals surface area contributed by atoms with Gasteiger partial charge in [-0.25, -0.2) is 4.68 Å². The highest BCUT2D eigenvalue weighted by atomic mass is 35.5. The quantitative estimate of drug-likeness (QED) is 0.543.